The molecule has 17 heavy (non-hydrogen) atoms. The van der Waals surface area contributed by atoms with Crippen molar-refractivity contribution in [1.82, 2.24) is 0 Å². The molecule has 1 atom stereocenters. The largest absolute Gasteiger partial charge is 0.497 e. The van der Waals surface area contributed by atoms with Crippen LogP contribution in [-0.2, 0) is 0 Å². The zero-order valence-electron chi connectivity index (χ0n) is 11.2. The Morgan fingerprint density at radius 1 is 1.12 bits per heavy atom. The Bertz CT molecular complexity index is 350. The summed E-state index contributed by atoms with van der Waals surface area (Å²) in [6, 6.07) is 5.82. The minimum atomic E-state index is 0.0262. The van der Waals surface area contributed by atoms with Crippen molar-refractivity contribution < 1.29 is 9.47 Å². The van der Waals surface area contributed by atoms with E-state index in [0.29, 0.717) is 5.92 Å². The molecule has 1 rings (SSSR count). The fourth-order valence-corrected chi connectivity index (χ4v) is 1.79. The van der Waals surface area contributed by atoms with Crippen LogP contribution in [-0.4, -0.2) is 14.2 Å². The first-order valence-corrected chi connectivity index (χ1v) is 6.06. The molecule has 0 fully saturated rings. The summed E-state index contributed by atoms with van der Waals surface area (Å²) in [5.74, 6) is 2.27. The van der Waals surface area contributed by atoms with Gasteiger partial charge >= 0.3 is 0 Å². The Kier molecular flexibility index (Phi) is 5.29. The predicted octanol–water partition coefficient (Wildman–Crippen LogP) is 3.14. The molecular formula is C14H23NO2. The summed E-state index contributed by atoms with van der Waals surface area (Å²) in [5, 5.41) is 0. The maximum absolute atomic E-state index is 6.19. The molecule has 0 saturated carbocycles. The molecule has 0 aromatic heterocycles. The van der Waals surface area contributed by atoms with E-state index < -0.39 is 0 Å². The van der Waals surface area contributed by atoms with Gasteiger partial charge in [0.15, 0.2) is 0 Å². The van der Waals surface area contributed by atoms with Crippen molar-refractivity contribution in [1.29, 1.82) is 0 Å². The number of hydrogen-bond donors (Lipinski definition) is 1. The van der Waals surface area contributed by atoms with Crippen molar-refractivity contribution in [3.63, 3.8) is 0 Å². The molecule has 0 saturated heterocycles. The van der Waals surface area contributed by atoms with Crippen LogP contribution in [0.2, 0.25) is 0 Å². The van der Waals surface area contributed by atoms with Gasteiger partial charge in [-0.05, 0) is 24.8 Å². The van der Waals surface area contributed by atoms with Crippen LogP contribution in [0.4, 0.5) is 0 Å². The van der Waals surface area contributed by atoms with Crippen molar-refractivity contribution in [2.75, 3.05) is 14.2 Å². The number of ether oxygens (including phenoxy) is 2. The normalized spacial score (nSPS) is 12.6. The van der Waals surface area contributed by atoms with Crippen LogP contribution in [0.3, 0.4) is 0 Å². The Hall–Kier alpha value is -1.22. The maximum Gasteiger partial charge on any atom is 0.127 e. The summed E-state index contributed by atoms with van der Waals surface area (Å²) in [6.45, 7) is 4.41. The van der Waals surface area contributed by atoms with E-state index in [-0.39, 0.29) is 6.04 Å². The molecule has 0 amide bonds. The van der Waals surface area contributed by atoms with Crippen LogP contribution in [0, 0.1) is 5.92 Å². The fraction of sp³-hybridized carbons (Fsp3) is 0.571. The summed E-state index contributed by atoms with van der Waals surface area (Å²) < 4.78 is 10.5. The average Bonchev–Trinajstić information content (AvgIpc) is 2.34. The SMILES string of the molecule is COc1ccc(C(N)CCC(C)C)c(OC)c1. The third kappa shape index (κ3) is 3.93. The quantitative estimate of drug-likeness (QED) is 0.826. The first-order chi connectivity index (χ1) is 8.08. The van der Waals surface area contributed by atoms with Gasteiger partial charge in [0, 0.05) is 17.7 Å². The molecule has 0 radical (unpaired) electrons. The van der Waals surface area contributed by atoms with E-state index in [1.165, 1.54) is 0 Å². The number of nitrogens with two attached hydrogens (primary N) is 1. The summed E-state index contributed by atoms with van der Waals surface area (Å²) in [4.78, 5) is 0. The first kappa shape index (κ1) is 13.8. The summed E-state index contributed by atoms with van der Waals surface area (Å²) in [5.41, 5.74) is 7.24. The lowest BCUT2D eigenvalue weighted by molar-refractivity contribution is 0.385. The smallest absolute Gasteiger partial charge is 0.127 e. The summed E-state index contributed by atoms with van der Waals surface area (Å²) in [6.07, 6.45) is 2.09. The van der Waals surface area contributed by atoms with Gasteiger partial charge in [-0.3, -0.25) is 0 Å². The predicted molar refractivity (Wildman–Crippen MR) is 70.5 cm³/mol. The van der Waals surface area contributed by atoms with E-state index in [2.05, 4.69) is 13.8 Å². The van der Waals surface area contributed by atoms with Gasteiger partial charge < -0.3 is 15.2 Å². The highest BCUT2D eigenvalue weighted by molar-refractivity contribution is 5.42. The molecule has 3 heteroatoms. The van der Waals surface area contributed by atoms with Gasteiger partial charge in [-0.15, -0.1) is 0 Å². The van der Waals surface area contributed by atoms with Gasteiger partial charge in [0.05, 0.1) is 14.2 Å². The summed E-state index contributed by atoms with van der Waals surface area (Å²) >= 11 is 0. The summed E-state index contributed by atoms with van der Waals surface area (Å²) in [7, 11) is 3.31. The lowest BCUT2D eigenvalue weighted by Gasteiger charge is -2.17. The molecule has 0 aliphatic rings. The van der Waals surface area contributed by atoms with Crippen molar-refractivity contribution in [2.45, 2.75) is 32.7 Å². The minimum absolute atomic E-state index is 0.0262. The minimum Gasteiger partial charge on any atom is -0.497 e. The molecule has 1 aromatic rings. The van der Waals surface area contributed by atoms with Gasteiger partial charge in [-0.2, -0.15) is 0 Å². The third-order valence-corrected chi connectivity index (χ3v) is 2.90. The second kappa shape index (κ2) is 6.50. The molecule has 0 bridgehead atoms. The van der Waals surface area contributed by atoms with Crippen molar-refractivity contribution in [3.05, 3.63) is 23.8 Å². The second-order valence-electron chi connectivity index (χ2n) is 4.69. The van der Waals surface area contributed by atoms with Crippen molar-refractivity contribution in [2.24, 2.45) is 11.7 Å². The van der Waals surface area contributed by atoms with Gasteiger partial charge in [0.25, 0.3) is 0 Å². The Morgan fingerprint density at radius 2 is 1.82 bits per heavy atom. The molecular weight excluding hydrogens is 214 g/mol. The highest BCUT2D eigenvalue weighted by Crippen LogP contribution is 2.30. The molecule has 3 nitrogen and oxygen atoms in total. The maximum atomic E-state index is 6.19. The highest BCUT2D eigenvalue weighted by Gasteiger charge is 2.13. The molecule has 0 spiro atoms. The number of rotatable bonds is 6. The Morgan fingerprint density at radius 3 is 2.35 bits per heavy atom. The van der Waals surface area contributed by atoms with Gasteiger partial charge in [-0.25, -0.2) is 0 Å². The van der Waals surface area contributed by atoms with E-state index in [1.807, 2.05) is 18.2 Å². The lowest BCUT2D eigenvalue weighted by atomic mass is 9.97. The topological polar surface area (TPSA) is 44.5 Å². The second-order valence-corrected chi connectivity index (χ2v) is 4.69. The number of methoxy groups -OCH3 is 2. The van der Waals surface area contributed by atoms with Gasteiger partial charge in [0.1, 0.15) is 11.5 Å². The number of hydrogen-bond acceptors (Lipinski definition) is 3. The number of benzene rings is 1. The first-order valence-electron chi connectivity index (χ1n) is 6.06. The Balaban J connectivity index is 2.81. The van der Waals surface area contributed by atoms with Crippen LogP contribution in [0.1, 0.15) is 38.3 Å². The molecule has 0 heterocycles. The van der Waals surface area contributed by atoms with E-state index in [4.69, 9.17) is 15.2 Å². The van der Waals surface area contributed by atoms with E-state index in [9.17, 15) is 0 Å². The van der Waals surface area contributed by atoms with Gasteiger partial charge in [0.2, 0.25) is 0 Å². The van der Waals surface area contributed by atoms with Crippen molar-refractivity contribution >= 4 is 0 Å². The van der Waals surface area contributed by atoms with E-state index in [1.54, 1.807) is 14.2 Å². The molecule has 1 unspecified atom stereocenters. The zero-order valence-corrected chi connectivity index (χ0v) is 11.2. The average molecular weight is 237 g/mol. The standard InChI is InChI=1S/C14H23NO2/c1-10(2)5-8-13(15)12-7-6-11(16-3)9-14(12)17-4/h6-7,9-10,13H,5,8,15H2,1-4H3. The molecule has 1 aromatic carbocycles. The van der Waals surface area contributed by atoms with Gasteiger partial charge in [-0.1, -0.05) is 19.9 Å². The van der Waals surface area contributed by atoms with Crippen LogP contribution >= 0.6 is 0 Å². The van der Waals surface area contributed by atoms with Crippen LogP contribution in [0.25, 0.3) is 0 Å². The zero-order chi connectivity index (χ0) is 12.8. The highest BCUT2D eigenvalue weighted by atomic mass is 16.5. The Labute approximate surface area is 104 Å². The van der Waals surface area contributed by atoms with E-state index >= 15 is 0 Å². The monoisotopic (exact) mass is 237 g/mol. The third-order valence-electron chi connectivity index (χ3n) is 2.90. The van der Waals surface area contributed by atoms with Crippen molar-refractivity contribution in [3.8, 4) is 11.5 Å². The van der Waals surface area contributed by atoms with E-state index in [0.717, 1.165) is 29.9 Å². The molecule has 0 aliphatic carbocycles. The van der Waals surface area contributed by atoms with Crippen LogP contribution in [0.5, 0.6) is 11.5 Å². The molecule has 96 valence electrons. The van der Waals surface area contributed by atoms with Crippen LogP contribution in [0.15, 0.2) is 18.2 Å². The van der Waals surface area contributed by atoms with Crippen LogP contribution < -0.4 is 15.2 Å². The molecule has 0 aliphatic heterocycles. The fourth-order valence-electron chi connectivity index (χ4n) is 1.79. The molecule has 2 N–H and O–H groups in total. The lowest BCUT2D eigenvalue weighted by Crippen LogP contribution is -2.12.